The van der Waals surface area contributed by atoms with Crippen LogP contribution in [0.4, 0.5) is 26.3 Å². The maximum absolute atomic E-state index is 13.7. The number of halogens is 6. The molecule has 2 aromatic rings. The number of alkyl halides is 6. The summed E-state index contributed by atoms with van der Waals surface area (Å²) in [6.07, 6.45) is -8.84. The average molecular weight is 525 g/mol. The van der Waals surface area contributed by atoms with Gasteiger partial charge in [0.25, 0.3) is 0 Å². The highest BCUT2D eigenvalue weighted by molar-refractivity contribution is 7.70. The van der Waals surface area contributed by atoms with Gasteiger partial charge in [-0.2, -0.15) is 26.3 Å². The van der Waals surface area contributed by atoms with Gasteiger partial charge in [0.2, 0.25) is 0 Å². The Labute approximate surface area is 196 Å². The Balaban J connectivity index is 2.48. The number of benzene rings is 2. The summed E-state index contributed by atoms with van der Waals surface area (Å²) in [6, 6.07) is 11.5. The molecule has 0 spiro atoms. The zero-order chi connectivity index (χ0) is 25.2. The minimum Gasteiger partial charge on any atom is -0.166 e. The van der Waals surface area contributed by atoms with Crippen molar-refractivity contribution in [1.82, 2.24) is 0 Å². The fourth-order valence-corrected chi connectivity index (χ4v) is 23.4. The van der Waals surface area contributed by atoms with Crippen LogP contribution in [0.15, 0.2) is 48.5 Å². The first-order valence-corrected chi connectivity index (χ1v) is 17.4. The molecule has 0 aromatic heterocycles. The van der Waals surface area contributed by atoms with Crippen LogP contribution in [0.2, 0.25) is 11.1 Å². The van der Waals surface area contributed by atoms with E-state index in [0.717, 1.165) is 12.1 Å². The number of rotatable bonds is 8. The first-order chi connectivity index (χ1) is 15.1. The average Bonchev–Trinajstić information content (AvgIpc) is 2.71. The summed E-state index contributed by atoms with van der Waals surface area (Å²) in [5.74, 6) is 1.34. The van der Waals surface area contributed by atoms with Gasteiger partial charge in [0.1, 0.15) is 0 Å². The molecule has 184 valence electrons. The van der Waals surface area contributed by atoms with Crippen LogP contribution in [0, 0.1) is 0 Å². The first-order valence-electron chi connectivity index (χ1n) is 10.9. The smallest absolute Gasteiger partial charge is 0.166 e. The van der Waals surface area contributed by atoms with Gasteiger partial charge in [-0.25, -0.2) is 0 Å². The normalized spacial score (nSPS) is 15.2. The Bertz CT molecular complexity index is 848. The Morgan fingerprint density at radius 1 is 0.636 bits per heavy atom. The molecule has 0 N–H and O–H groups in total. The molecule has 0 saturated heterocycles. The summed E-state index contributed by atoms with van der Waals surface area (Å²) in [5.41, 5.74) is -0.697. The van der Waals surface area contributed by atoms with Crippen molar-refractivity contribution in [1.29, 1.82) is 0 Å². The highest BCUT2D eigenvalue weighted by Gasteiger charge is 2.44. The third-order valence-corrected chi connectivity index (χ3v) is 22.1. The quantitative estimate of drug-likeness (QED) is 0.185. The van der Waals surface area contributed by atoms with Crippen molar-refractivity contribution < 1.29 is 26.3 Å². The molecule has 0 aliphatic heterocycles. The van der Waals surface area contributed by atoms with Gasteiger partial charge < -0.3 is 0 Å². The lowest BCUT2D eigenvalue weighted by Gasteiger charge is -2.44. The summed E-state index contributed by atoms with van der Waals surface area (Å²) in [4.78, 5) is 0. The van der Waals surface area contributed by atoms with E-state index >= 15 is 0 Å². The molecule has 2 aromatic carbocycles. The predicted octanol–water partition coefficient (Wildman–Crippen LogP) is 8.25. The van der Waals surface area contributed by atoms with E-state index in [1.165, 1.54) is 12.1 Å². The van der Waals surface area contributed by atoms with Crippen molar-refractivity contribution in [3.63, 3.8) is 0 Å². The highest BCUT2D eigenvalue weighted by Crippen LogP contribution is 2.50. The molecule has 9 heteroatoms. The maximum atomic E-state index is 13.7. The van der Waals surface area contributed by atoms with Gasteiger partial charge in [0.15, 0.2) is 0 Å². The summed E-state index contributed by atoms with van der Waals surface area (Å²) in [5, 5.41) is 0.684. The molecular weight excluding hydrogens is 492 g/mol. The molecule has 0 aliphatic rings. The van der Waals surface area contributed by atoms with Gasteiger partial charge in [-0.3, -0.25) is 0 Å². The third kappa shape index (κ3) is 6.61. The Hall–Kier alpha value is -0.903. The Morgan fingerprint density at radius 3 is 1.21 bits per heavy atom. The van der Waals surface area contributed by atoms with Crippen LogP contribution in [0.25, 0.3) is 0 Å². The lowest BCUT2D eigenvalue weighted by Crippen LogP contribution is -2.50. The molecule has 0 bridgehead atoms. The minimum atomic E-state index is -4.42. The molecular formula is C24H32F6P2Si. The topological polar surface area (TPSA) is 0 Å². The molecule has 0 amide bonds. The molecule has 0 radical (unpaired) electrons. The molecule has 0 saturated carbocycles. The van der Waals surface area contributed by atoms with E-state index in [0.29, 0.717) is 22.2 Å². The van der Waals surface area contributed by atoms with Gasteiger partial charge in [0.05, 0.1) is 19.2 Å². The zero-order valence-electron chi connectivity index (χ0n) is 19.8. The van der Waals surface area contributed by atoms with Crippen LogP contribution in [0.3, 0.4) is 0 Å². The second-order valence-electron chi connectivity index (χ2n) is 9.28. The van der Waals surface area contributed by atoms with Crippen LogP contribution >= 0.6 is 15.8 Å². The van der Waals surface area contributed by atoms with Gasteiger partial charge in [-0.1, -0.05) is 91.0 Å². The molecule has 0 heterocycles. The van der Waals surface area contributed by atoms with Crippen LogP contribution in [0.5, 0.6) is 0 Å². The second-order valence-corrected chi connectivity index (χ2v) is 20.3. The first kappa shape index (κ1) is 28.3. The van der Waals surface area contributed by atoms with Crippen molar-refractivity contribution in [3.05, 3.63) is 59.7 Å². The summed E-state index contributed by atoms with van der Waals surface area (Å²) in [6.45, 7) is 12.2. The van der Waals surface area contributed by atoms with Crippen LogP contribution < -0.4 is 10.6 Å². The van der Waals surface area contributed by atoms with Crippen molar-refractivity contribution in [2.75, 3.05) is 24.9 Å². The maximum Gasteiger partial charge on any atom is 0.417 e. The predicted molar refractivity (Wildman–Crippen MR) is 134 cm³/mol. The molecule has 0 unspecified atom stereocenters. The van der Waals surface area contributed by atoms with Gasteiger partial charge in [-0.05, 0) is 47.6 Å². The van der Waals surface area contributed by atoms with Gasteiger partial charge in [0, 0.05) is 0 Å². The van der Waals surface area contributed by atoms with E-state index in [-0.39, 0.29) is 11.1 Å². The van der Waals surface area contributed by atoms with E-state index in [2.05, 4.69) is 27.7 Å². The molecule has 0 fully saturated rings. The van der Waals surface area contributed by atoms with Crippen molar-refractivity contribution in [2.45, 2.75) is 51.1 Å². The van der Waals surface area contributed by atoms with Crippen LogP contribution in [-0.4, -0.2) is 33.0 Å². The largest absolute Gasteiger partial charge is 0.417 e. The minimum absolute atomic E-state index is 0.239. The van der Waals surface area contributed by atoms with E-state index in [1.54, 1.807) is 24.3 Å². The Kier molecular flexibility index (Phi) is 9.26. The van der Waals surface area contributed by atoms with Crippen molar-refractivity contribution in [2.24, 2.45) is 0 Å². The lowest BCUT2D eigenvalue weighted by atomic mass is 10.2. The molecule has 2 rings (SSSR count). The summed E-state index contributed by atoms with van der Waals surface area (Å²) in [7, 11) is -4.51. The second kappa shape index (κ2) is 10.8. The molecule has 0 aliphatic carbocycles. The standard InChI is InChI=1S/C24H32F6P2Si/c1-17(2)33(18(3)4,15-31(5)21-13-9-7-11-19(21)23(25,26)27)16-32(6)22-14-10-8-12-20(22)24(28,29)30/h7-14,17-18H,15-16H2,1-6H3/t31-,32-/m0/s1. The van der Waals surface area contributed by atoms with Gasteiger partial charge in [-0.15, -0.1) is 0 Å². The fourth-order valence-electron chi connectivity index (χ4n) is 4.59. The Morgan fingerprint density at radius 2 is 0.939 bits per heavy atom. The summed E-state index contributed by atoms with van der Waals surface area (Å²) < 4.78 is 82.0. The SMILES string of the molecule is CC(C)[Si](C[P@](C)c1ccccc1C(F)(F)F)(C[P@](C)c1ccccc1C(F)(F)F)C(C)C. The zero-order valence-corrected chi connectivity index (χ0v) is 22.6. The monoisotopic (exact) mass is 524 g/mol. The fraction of sp³-hybridized carbons (Fsp3) is 0.500. The summed E-state index contributed by atoms with van der Waals surface area (Å²) >= 11 is 0. The molecule has 33 heavy (non-hydrogen) atoms. The third-order valence-electron chi connectivity index (χ3n) is 6.60. The van der Waals surface area contributed by atoms with Gasteiger partial charge >= 0.3 is 12.4 Å². The number of hydrogen-bond donors (Lipinski definition) is 0. The van der Waals surface area contributed by atoms with E-state index in [4.69, 9.17) is 0 Å². The van der Waals surface area contributed by atoms with Crippen LogP contribution in [-0.2, 0) is 12.4 Å². The highest BCUT2D eigenvalue weighted by atomic mass is 31.1. The molecule has 0 nitrogen and oxygen atoms in total. The molecule has 2 atom stereocenters. The van der Waals surface area contributed by atoms with Crippen LogP contribution in [0.1, 0.15) is 38.8 Å². The lowest BCUT2D eigenvalue weighted by molar-refractivity contribution is -0.137. The van der Waals surface area contributed by atoms with Crippen molar-refractivity contribution in [3.8, 4) is 0 Å². The van der Waals surface area contributed by atoms with E-state index < -0.39 is 47.4 Å². The van der Waals surface area contributed by atoms with Crippen molar-refractivity contribution >= 4 is 34.5 Å². The number of hydrogen-bond acceptors (Lipinski definition) is 0. The van der Waals surface area contributed by atoms with E-state index in [1.807, 2.05) is 13.3 Å². The van der Waals surface area contributed by atoms with E-state index in [9.17, 15) is 26.3 Å².